The molecule has 0 heterocycles. The number of hydrogen-bond acceptors (Lipinski definition) is 2. The summed E-state index contributed by atoms with van der Waals surface area (Å²) in [4.78, 5) is 1.34. The zero-order chi connectivity index (χ0) is 14.4. The third kappa shape index (κ3) is 4.12. The lowest BCUT2D eigenvalue weighted by molar-refractivity contribution is 0.661. The topological polar surface area (TPSA) is 12.0 Å². The molecule has 2 aromatic carbocycles. The van der Waals surface area contributed by atoms with Crippen molar-refractivity contribution in [2.24, 2.45) is 0 Å². The summed E-state index contributed by atoms with van der Waals surface area (Å²) >= 11 is 1.91. The second-order valence-corrected chi connectivity index (χ2v) is 6.16. The Morgan fingerprint density at radius 2 is 1.90 bits per heavy atom. The molecule has 1 atom stereocenters. The van der Waals surface area contributed by atoms with Crippen molar-refractivity contribution < 1.29 is 0 Å². The predicted octanol–water partition coefficient (Wildman–Crippen LogP) is 4.61. The second-order valence-electron chi connectivity index (χ2n) is 5.07. The molecule has 0 aliphatic rings. The number of hydrogen-bond donors (Lipinski definition) is 1. The summed E-state index contributed by atoms with van der Waals surface area (Å²) in [6.45, 7) is 4.35. The average Bonchev–Trinajstić information content (AvgIpc) is 2.48. The highest BCUT2D eigenvalue weighted by Crippen LogP contribution is 2.25. The van der Waals surface area contributed by atoms with E-state index in [0.717, 1.165) is 12.2 Å². The summed E-state index contributed by atoms with van der Waals surface area (Å²) in [5, 5.41) is 3.43. The van der Waals surface area contributed by atoms with E-state index in [1.165, 1.54) is 21.6 Å². The monoisotopic (exact) mass is 285 g/mol. The molecular formula is C18H23NS. The van der Waals surface area contributed by atoms with Crippen molar-refractivity contribution in [3.8, 4) is 0 Å². The maximum atomic E-state index is 3.43. The molecule has 0 fully saturated rings. The van der Waals surface area contributed by atoms with E-state index in [-0.39, 0.29) is 0 Å². The van der Waals surface area contributed by atoms with Gasteiger partial charge >= 0.3 is 0 Å². The second kappa shape index (κ2) is 7.51. The molecule has 0 aromatic heterocycles. The molecule has 0 spiro atoms. The fourth-order valence-electron chi connectivity index (χ4n) is 2.26. The largest absolute Gasteiger partial charge is 0.312 e. The van der Waals surface area contributed by atoms with Crippen LogP contribution in [0.3, 0.4) is 0 Å². The molecule has 0 saturated carbocycles. The Morgan fingerprint density at radius 1 is 1.10 bits per heavy atom. The Kier molecular flexibility index (Phi) is 5.69. The van der Waals surface area contributed by atoms with Crippen LogP contribution in [0.1, 0.15) is 29.7 Å². The summed E-state index contributed by atoms with van der Waals surface area (Å²) in [6.07, 6.45) is 1.09. The first-order chi connectivity index (χ1) is 9.72. The van der Waals surface area contributed by atoms with Crippen LogP contribution in [0, 0.1) is 6.92 Å². The first-order valence-electron chi connectivity index (χ1n) is 7.18. The molecule has 2 rings (SSSR count). The summed E-state index contributed by atoms with van der Waals surface area (Å²) in [7, 11) is 2.04. The molecule has 106 valence electrons. The van der Waals surface area contributed by atoms with E-state index in [2.05, 4.69) is 67.7 Å². The summed E-state index contributed by atoms with van der Waals surface area (Å²) in [6, 6.07) is 18.0. The third-order valence-corrected chi connectivity index (χ3v) is 4.60. The van der Waals surface area contributed by atoms with Gasteiger partial charge in [-0.25, -0.2) is 0 Å². The molecule has 2 aromatic rings. The van der Waals surface area contributed by atoms with Crippen LogP contribution < -0.4 is 5.32 Å². The Bertz CT molecular complexity index is 551. The first-order valence-corrected chi connectivity index (χ1v) is 8.17. The Morgan fingerprint density at radius 3 is 2.60 bits per heavy atom. The van der Waals surface area contributed by atoms with E-state index in [1.807, 2.05) is 18.8 Å². The van der Waals surface area contributed by atoms with Crippen LogP contribution in [0.5, 0.6) is 0 Å². The van der Waals surface area contributed by atoms with E-state index in [0.29, 0.717) is 6.04 Å². The Hall–Kier alpha value is -1.25. The highest BCUT2D eigenvalue weighted by Gasteiger charge is 2.10. The molecule has 1 unspecified atom stereocenters. The normalized spacial score (nSPS) is 12.3. The average molecular weight is 285 g/mol. The number of benzene rings is 2. The summed E-state index contributed by atoms with van der Waals surface area (Å²) < 4.78 is 0. The zero-order valence-electron chi connectivity index (χ0n) is 12.5. The molecule has 1 N–H and O–H groups in total. The van der Waals surface area contributed by atoms with Crippen molar-refractivity contribution in [1.29, 1.82) is 0 Å². The highest BCUT2D eigenvalue weighted by atomic mass is 32.2. The maximum absolute atomic E-state index is 3.43. The van der Waals surface area contributed by atoms with Crippen LogP contribution in [0.15, 0.2) is 53.4 Å². The molecule has 1 nitrogen and oxygen atoms in total. The fraction of sp³-hybridized carbons (Fsp3) is 0.333. The van der Waals surface area contributed by atoms with Crippen LogP contribution in [-0.2, 0) is 6.42 Å². The van der Waals surface area contributed by atoms with Gasteiger partial charge in [0.2, 0.25) is 0 Å². The van der Waals surface area contributed by atoms with Gasteiger partial charge in [0.05, 0.1) is 0 Å². The molecule has 0 aliphatic heterocycles. The van der Waals surface area contributed by atoms with Crippen LogP contribution in [0.2, 0.25) is 0 Å². The van der Waals surface area contributed by atoms with Gasteiger partial charge in [0.1, 0.15) is 0 Å². The van der Waals surface area contributed by atoms with Gasteiger partial charge in [0, 0.05) is 16.7 Å². The number of rotatable bonds is 6. The minimum absolute atomic E-state index is 0.395. The molecular weight excluding hydrogens is 262 g/mol. The third-order valence-electron chi connectivity index (χ3n) is 3.52. The van der Waals surface area contributed by atoms with Crippen molar-refractivity contribution in [1.82, 2.24) is 5.32 Å². The van der Waals surface area contributed by atoms with E-state index in [1.54, 1.807) is 0 Å². The Labute approximate surface area is 126 Å². The van der Waals surface area contributed by atoms with Gasteiger partial charge < -0.3 is 5.32 Å². The van der Waals surface area contributed by atoms with E-state index < -0.39 is 0 Å². The standard InChI is InChI=1S/C18H23NS/c1-4-15-8-6-9-16(12-15)18(19-3)13-20-17-10-5-7-14(2)11-17/h5-12,18-19H,4,13H2,1-3H3. The minimum atomic E-state index is 0.395. The van der Waals surface area contributed by atoms with E-state index >= 15 is 0 Å². The lowest BCUT2D eigenvalue weighted by Gasteiger charge is -2.17. The molecule has 0 amide bonds. The predicted molar refractivity (Wildman–Crippen MR) is 89.5 cm³/mol. The number of nitrogens with one attached hydrogen (secondary N) is 1. The van der Waals surface area contributed by atoms with Gasteiger partial charge in [-0.3, -0.25) is 0 Å². The van der Waals surface area contributed by atoms with Gasteiger partial charge in [0.15, 0.2) is 0 Å². The van der Waals surface area contributed by atoms with Crippen molar-refractivity contribution in [3.05, 3.63) is 65.2 Å². The molecule has 2 heteroatoms. The quantitative estimate of drug-likeness (QED) is 0.778. The minimum Gasteiger partial charge on any atom is -0.312 e. The number of aryl methyl sites for hydroxylation is 2. The molecule has 0 bridgehead atoms. The van der Waals surface area contributed by atoms with E-state index in [9.17, 15) is 0 Å². The summed E-state index contributed by atoms with van der Waals surface area (Å²) in [5.41, 5.74) is 4.11. The lowest BCUT2D eigenvalue weighted by atomic mass is 10.0. The van der Waals surface area contributed by atoms with Crippen LogP contribution in [0.25, 0.3) is 0 Å². The number of thioether (sulfide) groups is 1. The highest BCUT2D eigenvalue weighted by molar-refractivity contribution is 7.99. The SMILES string of the molecule is CCc1cccc(C(CSc2cccc(C)c2)NC)c1. The van der Waals surface area contributed by atoms with E-state index in [4.69, 9.17) is 0 Å². The van der Waals surface area contributed by atoms with Gasteiger partial charge in [-0.1, -0.05) is 48.9 Å². The van der Waals surface area contributed by atoms with Crippen molar-refractivity contribution in [3.63, 3.8) is 0 Å². The molecule has 20 heavy (non-hydrogen) atoms. The Balaban J connectivity index is 2.05. The zero-order valence-corrected chi connectivity index (χ0v) is 13.3. The van der Waals surface area contributed by atoms with Gasteiger partial charge in [-0.2, -0.15) is 0 Å². The van der Waals surface area contributed by atoms with Crippen molar-refractivity contribution in [2.75, 3.05) is 12.8 Å². The maximum Gasteiger partial charge on any atom is 0.0413 e. The summed E-state index contributed by atoms with van der Waals surface area (Å²) in [5.74, 6) is 1.05. The van der Waals surface area contributed by atoms with Crippen LogP contribution in [0.4, 0.5) is 0 Å². The van der Waals surface area contributed by atoms with Crippen molar-refractivity contribution >= 4 is 11.8 Å². The van der Waals surface area contributed by atoms with Gasteiger partial charge in [-0.05, 0) is 43.7 Å². The molecule has 0 radical (unpaired) electrons. The van der Waals surface area contributed by atoms with Gasteiger partial charge in [-0.15, -0.1) is 11.8 Å². The van der Waals surface area contributed by atoms with Gasteiger partial charge in [0.25, 0.3) is 0 Å². The van der Waals surface area contributed by atoms with Crippen LogP contribution >= 0.6 is 11.8 Å². The van der Waals surface area contributed by atoms with Crippen LogP contribution in [-0.4, -0.2) is 12.8 Å². The van der Waals surface area contributed by atoms with Crippen molar-refractivity contribution in [2.45, 2.75) is 31.2 Å². The lowest BCUT2D eigenvalue weighted by Crippen LogP contribution is -2.18. The fourth-order valence-corrected chi connectivity index (χ4v) is 3.42. The molecule has 0 saturated heterocycles. The first kappa shape index (κ1) is 15.1. The smallest absolute Gasteiger partial charge is 0.0413 e. The molecule has 0 aliphatic carbocycles.